The van der Waals surface area contributed by atoms with Crippen molar-refractivity contribution < 1.29 is 4.79 Å². The van der Waals surface area contributed by atoms with Gasteiger partial charge in [-0.05, 0) is 55.3 Å². The fourth-order valence-corrected chi connectivity index (χ4v) is 4.36. The van der Waals surface area contributed by atoms with Gasteiger partial charge >= 0.3 is 0 Å². The molecule has 4 aromatic rings. The molecule has 2 heterocycles. The van der Waals surface area contributed by atoms with E-state index in [2.05, 4.69) is 31.8 Å². The minimum Gasteiger partial charge on any atom is -0.399 e. The van der Waals surface area contributed by atoms with Gasteiger partial charge in [0.1, 0.15) is 5.01 Å². The van der Waals surface area contributed by atoms with Gasteiger partial charge in [0.05, 0.1) is 5.75 Å². The van der Waals surface area contributed by atoms with Crippen LogP contribution in [0.2, 0.25) is 0 Å². The lowest BCUT2D eigenvalue weighted by atomic mass is 10.2. The number of aryl methyl sites for hydroxylation is 2. The number of anilines is 2. The Hall–Kier alpha value is -3.24. The number of thioether (sulfide) groups is 1. The monoisotopic (exact) mass is 451 g/mol. The molecular formula is C21H21N7OS2. The molecule has 2 aromatic carbocycles. The zero-order valence-electron chi connectivity index (χ0n) is 17.1. The molecule has 2 aromatic heterocycles. The summed E-state index contributed by atoms with van der Waals surface area (Å²) in [5.41, 5.74) is 9.45. The molecule has 0 saturated carbocycles. The topological polar surface area (TPSA) is 112 Å². The molecule has 0 unspecified atom stereocenters. The highest BCUT2D eigenvalue weighted by atomic mass is 32.2. The summed E-state index contributed by atoms with van der Waals surface area (Å²) < 4.78 is 1.95. The molecular weight excluding hydrogens is 430 g/mol. The van der Waals surface area contributed by atoms with Crippen molar-refractivity contribution in [3.05, 3.63) is 59.1 Å². The molecule has 31 heavy (non-hydrogen) atoms. The summed E-state index contributed by atoms with van der Waals surface area (Å²) in [6, 6.07) is 15.6. The Morgan fingerprint density at radius 3 is 2.65 bits per heavy atom. The number of rotatable bonds is 7. The third kappa shape index (κ3) is 4.92. The van der Waals surface area contributed by atoms with Crippen LogP contribution in [0.3, 0.4) is 0 Å². The highest BCUT2D eigenvalue weighted by Crippen LogP contribution is 2.29. The number of nitrogens with zero attached hydrogens (tertiary/aromatic N) is 5. The second-order valence-corrected chi connectivity index (χ2v) is 8.80. The van der Waals surface area contributed by atoms with Gasteiger partial charge in [0, 0.05) is 16.9 Å². The third-order valence-electron chi connectivity index (χ3n) is 4.41. The maximum Gasteiger partial charge on any atom is 0.236 e. The van der Waals surface area contributed by atoms with Crippen molar-refractivity contribution in [3.63, 3.8) is 0 Å². The van der Waals surface area contributed by atoms with Gasteiger partial charge in [-0.2, -0.15) is 0 Å². The average Bonchev–Trinajstić information content (AvgIpc) is 3.39. The van der Waals surface area contributed by atoms with Crippen LogP contribution < -0.4 is 11.1 Å². The summed E-state index contributed by atoms with van der Waals surface area (Å²) >= 11 is 2.70. The zero-order chi connectivity index (χ0) is 21.8. The van der Waals surface area contributed by atoms with Crippen molar-refractivity contribution in [2.75, 3.05) is 16.8 Å². The van der Waals surface area contributed by atoms with Gasteiger partial charge in [0.2, 0.25) is 11.0 Å². The molecule has 158 valence electrons. The zero-order valence-corrected chi connectivity index (χ0v) is 18.7. The molecule has 4 rings (SSSR count). The average molecular weight is 452 g/mol. The first-order valence-electron chi connectivity index (χ1n) is 9.67. The summed E-state index contributed by atoms with van der Waals surface area (Å²) in [5, 5.41) is 21.6. The van der Waals surface area contributed by atoms with E-state index >= 15 is 0 Å². The quantitative estimate of drug-likeness (QED) is 0.323. The van der Waals surface area contributed by atoms with Crippen molar-refractivity contribution in [1.82, 2.24) is 25.0 Å². The van der Waals surface area contributed by atoms with E-state index in [-0.39, 0.29) is 11.7 Å². The normalized spacial score (nSPS) is 10.9. The van der Waals surface area contributed by atoms with Crippen molar-refractivity contribution in [2.45, 2.75) is 25.4 Å². The molecule has 0 aliphatic carbocycles. The lowest BCUT2D eigenvalue weighted by Gasteiger charge is -2.11. The predicted molar refractivity (Wildman–Crippen MR) is 125 cm³/mol. The van der Waals surface area contributed by atoms with Crippen molar-refractivity contribution in [2.24, 2.45) is 0 Å². The molecule has 0 saturated heterocycles. The fourth-order valence-electron chi connectivity index (χ4n) is 2.91. The maximum absolute atomic E-state index is 12.4. The molecule has 8 nitrogen and oxygen atoms in total. The van der Waals surface area contributed by atoms with Crippen LogP contribution in [0.1, 0.15) is 17.5 Å². The van der Waals surface area contributed by atoms with Crippen LogP contribution >= 0.6 is 23.1 Å². The number of nitrogens with two attached hydrogens (primary N) is 1. The van der Waals surface area contributed by atoms with E-state index < -0.39 is 0 Å². The molecule has 0 bridgehead atoms. The Balaban J connectivity index is 1.59. The highest BCUT2D eigenvalue weighted by Gasteiger charge is 2.18. The first-order chi connectivity index (χ1) is 15.0. The van der Waals surface area contributed by atoms with E-state index in [0.717, 1.165) is 28.2 Å². The van der Waals surface area contributed by atoms with E-state index in [4.69, 9.17) is 5.73 Å². The first kappa shape index (κ1) is 21.0. The van der Waals surface area contributed by atoms with E-state index in [1.54, 1.807) is 0 Å². The summed E-state index contributed by atoms with van der Waals surface area (Å²) in [6.07, 6.45) is 0.787. The van der Waals surface area contributed by atoms with Gasteiger partial charge in [0.15, 0.2) is 11.0 Å². The Morgan fingerprint density at radius 2 is 1.94 bits per heavy atom. The molecule has 1 amide bonds. The van der Waals surface area contributed by atoms with Crippen molar-refractivity contribution in [3.8, 4) is 17.1 Å². The van der Waals surface area contributed by atoms with Gasteiger partial charge in [-0.1, -0.05) is 42.2 Å². The first-order valence-corrected chi connectivity index (χ1v) is 11.5. The van der Waals surface area contributed by atoms with Gasteiger partial charge in [-0.3, -0.25) is 14.7 Å². The molecule has 0 spiro atoms. The number of hydrogen-bond donors (Lipinski definition) is 2. The van der Waals surface area contributed by atoms with Crippen molar-refractivity contribution in [1.29, 1.82) is 0 Å². The van der Waals surface area contributed by atoms with Crippen LogP contribution in [0.4, 0.5) is 10.8 Å². The van der Waals surface area contributed by atoms with Gasteiger partial charge < -0.3 is 5.73 Å². The Bertz CT molecular complexity index is 1200. The third-order valence-corrected chi connectivity index (χ3v) is 6.32. The summed E-state index contributed by atoms with van der Waals surface area (Å²) in [5.74, 6) is 0.689. The smallest absolute Gasteiger partial charge is 0.236 e. The van der Waals surface area contributed by atoms with Crippen LogP contribution in [-0.4, -0.2) is 36.6 Å². The molecule has 0 radical (unpaired) electrons. The van der Waals surface area contributed by atoms with Gasteiger partial charge in [0.25, 0.3) is 0 Å². The molecule has 0 fully saturated rings. The number of nitrogen functional groups attached to an aromatic ring is 1. The maximum atomic E-state index is 12.4. The number of amides is 1. The Morgan fingerprint density at radius 1 is 1.13 bits per heavy atom. The van der Waals surface area contributed by atoms with Crippen LogP contribution in [0.5, 0.6) is 0 Å². The van der Waals surface area contributed by atoms with E-state index in [1.807, 2.05) is 60.9 Å². The van der Waals surface area contributed by atoms with Crippen LogP contribution in [0.25, 0.3) is 17.1 Å². The number of aromatic nitrogens is 5. The van der Waals surface area contributed by atoms with Crippen LogP contribution in [-0.2, 0) is 11.2 Å². The lowest BCUT2D eigenvalue weighted by Crippen LogP contribution is -2.14. The minimum absolute atomic E-state index is 0.170. The minimum atomic E-state index is -0.170. The molecule has 0 atom stereocenters. The van der Waals surface area contributed by atoms with Crippen LogP contribution in [0.15, 0.2) is 53.7 Å². The number of carbonyl (C=O) groups excluding carboxylic acids is 1. The SMILES string of the molecule is CCc1nnc(NC(=O)CSc2nnc(-c3ccc(N)cc3)n2-c2cccc(C)c2)s1. The number of benzene rings is 2. The van der Waals surface area contributed by atoms with E-state index in [0.29, 0.717) is 21.8 Å². The summed E-state index contributed by atoms with van der Waals surface area (Å²) in [4.78, 5) is 12.4. The standard InChI is InChI=1S/C21H21N7OS2/c1-3-18-24-26-20(31-18)23-17(29)12-30-21-27-25-19(14-7-9-15(22)10-8-14)28(21)16-6-4-5-13(2)11-16/h4-11H,3,12,22H2,1-2H3,(H,23,26,29). The van der Waals surface area contributed by atoms with Gasteiger partial charge in [-0.25, -0.2) is 0 Å². The number of carbonyl (C=O) groups is 1. The highest BCUT2D eigenvalue weighted by molar-refractivity contribution is 7.99. The fraction of sp³-hybridized carbons (Fsp3) is 0.190. The van der Waals surface area contributed by atoms with E-state index in [1.165, 1.54) is 23.1 Å². The van der Waals surface area contributed by atoms with Crippen LogP contribution in [0, 0.1) is 6.92 Å². The second kappa shape index (κ2) is 9.27. The molecule has 3 N–H and O–H groups in total. The molecule has 0 aliphatic heterocycles. The summed E-state index contributed by atoms with van der Waals surface area (Å²) in [6.45, 7) is 4.03. The number of hydrogen-bond acceptors (Lipinski definition) is 8. The molecule has 0 aliphatic rings. The lowest BCUT2D eigenvalue weighted by molar-refractivity contribution is -0.113. The largest absolute Gasteiger partial charge is 0.399 e. The Kier molecular flexibility index (Phi) is 6.28. The van der Waals surface area contributed by atoms with Crippen molar-refractivity contribution >= 4 is 39.8 Å². The summed E-state index contributed by atoms with van der Waals surface area (Å²) in [7, 11) is 0. The number of nitrogens with one attached hydrogen (secondary N) is 1. The van der Waals surface area contributed by atoms with Gasteiger partial charge in [-0.15, -0.1) is 20.4 Å². The molecule has 10 heteroatoms. The van der Waals surface area contributed by atoms with E-state index in [9.17, 15) is 4.79 Å². The predicted octanol–water partition coefficient (Wildman–Crippen LogP) is 3.97. The Labute approximate surface area is 187 Å². The second-order valence-electron chi connectivity index (χ2n) is 6.79.